The second-order valence-corrected chi connectivity index (χ2v) is 7.96. The van der Waals surface area contributed by atoms with Gasteiger partial charge in [-0.3, -0.25) is 4.79 Å². The molecule has 1 amide bonds. The molecule has 26 heavy (non-hydrogen) atoms. The van der Waals surface area contributed by atoms with Crippen LogP contribution in [0.2, 0.25) is 5.02 Å². The molecule has 138 valence electrons. The Kier molecular flexibility index (Phi) is 4.07. The van der Waals surface area contributed by atoms with E-state index >= 15 is 0 Å². The lowest BCUT2D eigenvalue weighted by Crippen LogP contribution is -2.67. The topological polar surface area (TPSA) is 41.6 Å². The zero-order valence-corrected chi connectivity index (χ0v) is 15.0. The second kappa shape index (κ2) is 6.06. The molecule has 1 aromatic carbocycles. The molecule has 2 aliphatic heterocycles. The van der Waals surface area contributed by atoms with Gasteiger partial charge in [-0.05, 0) is 42.3 Å². The lowest BCUT2D eigenvalue weighted by molar-refractivity contribution is -0.274. The lowest BCUT2D eigenvalue weighted by atomic mass is 9.88. The van der Waals surface area contributed by atoms with Gasteiger partial charge in [0.2, 0.25) is 5.91 Å². The summed E-state index contributed by atoms with van der Waals surface area (Å²) >= 11 is 7.83. The Labute approximate surface area is 156 Å². The minimum atomic E-state index is -4.70. The van der Waals surface area contributed by atoms with E-state index in [-0.39, 0.29) is 17.2 Å². The van der Waals surface area contributed by atoms with Crippen molar-refractivity contribution in [3.05, 3.63) is 35.4 Å². The number of alkyl halides is 3. The maximum absolute atomic E-state index is 12.2. The van der Waals surface area contributed by atoms with Crippen LogP contribution in [0.1, 0.15) is 12.8 Å². The molecule has 9 heteroatoms. The summed E-state index contributed by atoms with van der Waals surface area (Å²) in [5, 5.41) is 4.53. The molecule has 0 radical (unpaired) electrons. The monoisotopic (exact) mass is 402 g/mol. The predicted octanol–water partition coefficient (Wildman–Crippen LogP) is 4.44. The smallest absolute Gasteiger partial charge is 0.406 e. The molecular formula is C17H14ClF3N2O2S. The zero-order chi connectivity index (χ0) is 18.5. The number of halogens is 4. The van der Waals surface area contributed by atoms with Gasteiger partial charge in [0.05, 0.1) is 10.6 Å². The summed E-state index contributed by atoms with van der Waals surface area (Å²) in [5.41, 5.74) is 0.628. The summed E-state index contributed by atoms with van der Waals surface area (Å²) in [6.07, 6.45) is -3.31. The number of nitrogens with one attached hydrogen (secondary N) is 1. The van der Waals surface area contributed by atoms with E-state index in [1.807, 2.05) is 0 Å². The number of amides is 1. The standard InChI is InChI=1S/C17H14ClF3N2O2S/c18-12-7-13(10-1-3-11(4-2-10)25-17(19,20)21)26-15(12)23-8-16(9-23)6-5-14(24)22-16/h1-4,7H,5-6,8-9H2,(H,22,24). The van der Waals surface area contributed by atoms with Gasteiger partial charge in [0.15, 0.2) is 0 Å². The van der Waals surface area contributed by atoms with E-state index in [1.54, 1.807) is 18.2 Å². The summed E-state index contributed by atoms with van der Waals surface area (Å²) < 4.78 is 40.6. The highest BCUT2D eigenvalue weighted by Gasteiger charge is 2.48. The fourth-order valence-corrected chi connectivity index (χ4v) is 4.84. The van der Waals surface area contributed by atoms with E-state index in [1.165, 1.54) is 23.5 Å². The minimum absolute atomic E-state index is 0.0868. The summed E-state index contributed by atoms with van der Waals surface area (Å²) in [6.45, 7) is 1.44. The Morgan fingerprint density at radius 1 is 1.23 bits per heavy atom. The highest BCUT2D eigenvalue weighted by molar-refractivity contribution is 7.20. The highest BCUT2D eigenvalue weighted by atomic mass is 35.5. The second-order valence-electron chi connectivity index (χ2n) is 6.52. The number of ether oxygens (including phenoxy) is 1. The SMILES string of the molecule is O=C1CCC2(CN(c3sc(-c4ccc(OC(F)(F)F)cc4)cc3Cl)C2)N1. The van der Waals surface area contributed by atoms with Gasteiger partial charge in [-0.1, -0.05) is 11.6 Å². The van der Waals surface area contributed by atoms with E-state index in [0.717, 1.165) is 35.0 Å². The van der Waals surface area contributed by atoms with Crippen LogP contribution in [0, 0.1) is 0 Å². The predicted molar refractivity (Wildman–Crippen MR) is 93.8 cm³/mol. The first-order valence-corrected chi connectivity index (χ1v) is 9.14. The van der Waals surface area contributed by atoms with Crippen LogP contribution >= 0.6 is 22.9 Å². The number of benzene rings is 1. The molecule has 0 aliphatic carbocycles. The molecule has 0 unspecified atom stereocenters. The number of carbonyl (C=O) groups is 1. The molecule has 2 saturated heterocycles. The molecule has 3 heterocycles. The zero-order valence-electron chi connectivity index (χ0n) is 13.4. The minimum Gasteiger partial charge on any atom is -0.406 e. The molecule has 0 saturated carbocycles. The van der Waals surface area contributed by atoms with Crippen LogP contribution < -0.4 is 15.0 Å². The number of anilines is 1. The maximum atomic E-state index is 12.2. The lowest BCUT2D eigenvalue weighted by Gasteiger charge is -2.48. The van der Waals surface area contributed by atoms with Crippen molar-refractivity contribution < 1.29 is 22.7 Å². The Morgan fingerprint density at radius 2 is 1.92 bits per heavy atom. The van der Waals surface area contributed by atoms with Crippen LogP contribution in [0.15, 0.2) is 30.3 Å². The van der Waals surface area contributed by atoms with Gasteiger partial charge in [-0.25, -0.2) is 0 Å². The number of nitrogens with zero attached hydrogens (tertiary/aromatic N) is 1. The average molecular weight is 403 g/mol. The fourth-order valence-electron chi connectivity index (χ4n) is 3.38. The van der Waals surface area contributed by atoms with Gasteiger partial charge in [-0.15, -0.1) is 24.5 Å². The molecule has 2 fully saturated rings. The molecule has 1 aromatic heterocycles. The summed E-state index contributed by atoms with van der Waals surface area (Å²) in [5.74, 6) is -0.172. The number of carbonyl (C=O) groups excluding carboxylic acids is 1. The third-order valence-electron chi connectivity index (χ3n) is 4.55. The first-order chi connectivity index (χ1) is 12.2. The summed E-state index contributed by atoms with van der Waals surface area (Å²) in [7, 11) is 0. The fraction of sp³-hybridized carbons (Fsp3) is 0.353. The average Bonchev–Trinajstić information content (AvgIpc) is 3.08. The molecule has 2 aromatic rings. The van der Waals surface area contributed by atoms with Gasteiger partial charge in [0.1, 0.15) is 10.8 Å². The summed E-state index contributed by atoms with van der Waals surface area (Å²) in [6, 6.07) is 7.51. The largest absolute Gasteiger partial charge is 0.573 e. The molecule has 2 aliphatic rings. The van der Waals surface area contributed by atoms with Crippen molar-refractivity contribution in [3.63, 3.8) is 0 Å². The Bertz CT molecular complexity index is 845. The van der Waals surface area contributed by atoms with E-state index in [4.69, 9.17) is 11.6 Å². The summed E-state index contributed by atoms with van der Waals surface area (Å²) in [4.78, 5) is 14.4. The van der Waals surface area contributed by atoms with Gasteiger partial charge in [0.25, 0.3) is 0 Å². The molecule has 1 N–H and O–H groups in total. The van der Waals surface area contributed by atoms with Crippen LogP contribution in [0.4, 0.5) is 18.2 Å². The van der Waals surface area contributed by atoms with Crippen molar-refractivity contribution in [1.29, 1.82) is 0 Å². The van der Waals surface area contributed by atoms with E-state index in [9.17, 15) is 18.0 Å². The van der Waals surface area contributed by atoms with Crippen molar-refractivity contribution in [2.24, 2.45) is 0 Å². The van der Waals surface area contributed by atoms with Gasteiger partial charge < -0.3 is 15.0 Å². The van der Waals surface area contributed by atoms with Crippen LogP contribution in [0.3, 0.4) is 0 Å². The molecule has 0 atom stereocenters. The molecule has 1 spiro atoms. The van der Waals surface area contributed by atoms with Crippen LogP contribution in [0.25, 0.3) is 10.4 Å². The molecule has 0 bridgehead atoms. The first kappa shape index (κ1) is 17.5. The third kappa shape index (κ3) is 3.35. The van der Waals surface area contributed by atoms with E-state index < -0.39 is 6.36 Å². The van der Waals surface area contributed by atoms with Crippen LogP contribution in [-0.4, -0.2) is 30.9 Å². The number of thiophene rings is 1. The number of hydrogen-bond donors (Lipinski definition) is 1. The van der Waals surface area contributed by atoms with E-state index in [2.05, 4.69) is 15.0 Å². The van der Waals surface area contributed by atoms with Crippen molar-refractivity contribution >= 4 is 33.8 Å². The van der Waals surface area contributed by atoms with Gasteiger partial charge >= 0.3 is 6.36 Å². The Hall–Kier alpha value is -1.93. The number of rotatable bonds is 3. The Balaban J connectivity index is 1.48. The highest BCUT2D eigenvalue weighted by Crippen LogP contribution is 2.45. The Morgan fingerprint density at radius 3 is 2.50 bits per heavy atom. The molecule has 4 nitrogen and oxygen atoms in total. The van der Waals surface area contributed by atoms with Gasteiger partial charge in [-0.2, -0.15) is 0 Å². The van der Waals surface area contributed by atoms with Crippen molar-refractivity contribution in [3.8, 4) is 16.2 Å². The van der Waals surface area contributed by atoms with Crippen molar-refractivity contribution in [2.45, 2.75) is 24.7 Å². The third-order valence-corrected chi connectivity index (χ3v) is 6.20. The van der Waals surface area contributed by atoms with Gasteiger partial charge in [0, 0.05) is 24.4 Å². The molecule has 4 rings (SSSR count). The molecular weight excluding hydrogens is 389 g/mol. The quantitative estimate of drug-likeness (QED) is 0.825. The number of hydrogen-bond acceptors (Lipinski definition) is 4. The van der Waals surface area contributed by atoms with E-state index in [0.29, 0.717) is 11.4 Å². The van der Waals surface area contributed by atoms with Crippen LogP contribution in [0.5, 0.6) is 5.75 Å². The van der Waals surface area contributed by atoms with Crippen molar-refractivity contribution in [1.82, 2.24) is 5.32 Å². The normalized spacial score (nSPS) is 18.8. The van der Waals surface area contributed by atoms with Crippen molar-refractivity contribution in [2.75, 3.05) is 18.0 Å². The van der Waals surface area contributed by atoms with Crippen LogP contribution in [-0.2, 0) is 4.79 Å². The first-order valence-electron chi connectivity index (χ1n) is 7.95. The maximum Gasteiger partial charge on any atom is 0.573 e.